The highest BCUT2D eigenvalue weighted by atomic mass is 32.1. The van der Waals surface area contributed by atoms with Crippen molar-refractivity contribution in [3.05, 3.63) is 46.7 Å². The molecular weight excluding hydrogens is 350 g/mol. The van der Waals surface area contributed by atoms with Gasteiger partial charge in [-0.3, -0.25) is 9.59 Å². The number of amides is 2. The van der Waals surface area contributed by atoms with Crippen LogP contribution in [-0.4, -0.2) is 17.8 Å². The summed E-state index contributed by atoms with van der Waals surface area (Å²) in [6, 6.07) is 10.2. The summed E-state index contributed by atoms with van der Waals surface area (Å²) in [7, 11) is 0. The fourth-order valence-electron chi connectivity index (χ4n) is 4.92. The SMILES string of the molecule is O=C(Oc1ccccc1N1C(=O)[C@@H]2[C@H]3CC[C@@H](C3)[C@H]2C1=O)c1cccs1. The Bertz CT molecular complexity index is 878. The van der Waals surface area contributed by atoms with Gasteiger partial charge in [0.2, 0.25) is 11.8 Å². The third-order valence-corrected chi connectivity index (χ3v) is 6.81. The second-order valence-electron chi connectivity index (χ2n) is 7.23. The largest absolute Gasteiger partial charge is 0.420 e. The van der Waals surface area contributed by atoms with Crippen LogP contribution < -0.4 is 9.64 Å². The number of benzene rings is 1. The third-order valence-electron chi connectivity index (χ3n) is 5.96. The molecule has 0 radical (unpaired) electrons. The summed E-state index contributed by atoms with van der Waals surface area (Å²) < 4.78 is 5.52. The van der Waals surface area contributed by atoms with Crippen molar-refractivity contribution in [3.8, 4) is 5.75 Å². The number of para-hydroxylation sites is 2. The van der Waals surface area contributed by atoms with Crippen LogP contribution in [0.5, 0.6) is 5.75 Å². The van der Waals surface area contributed by atoms with Crippen LogP contribution in [-0.2, 0) is 9.59 Å². The van der Waals surface area contributed by atoms with Crippen molar-refractivity contribution in [1.29, 1.82) is 0 Å². The summed E-state index contributed by atoms with van der Waals surface area (Å²) >= 11 is 1.29. The molecule has 2 aliphatic carbocycles. The standard InChI is InChI=1S/C20H17NO4S/c22-18-16-11-7-8-12(10-11)17(16)19(23)21(18)13-4-1-2-5-14(13)25-20(24)15-6-3-9-26-15/h1-6,9,11-12,16-17H,7-8,10H2/t11-,12-,16+,17+/m0/s1. The quantitative estimate of drug-likeness (QED) is 0.473. The Labute approximate surface area is 154 Å². The van der Waals surface area contributed by atoms with Crippen molar-refractivity contribution in [2.75, 3.05) is 4.90 Å². The highest BCUT2D eigenvalue weighted by Gasteiger charge is 2.61. The van der Waals surface area contributed by atoms with E-state index in [1.54, 1.807) is 41.8 Å². The molecule has 2 saturated carbocycles. The molecule has 3 fully saturated rings. The zero-order valence-electron chi connectivity index (χ0n) is 14.0. The molecule has 0 N–H and O–H groups in total. The lowest BCUT2D eigenvalue weighted by Gasteiger charge is -2.19. The van der Waals surface area contributed by atoms with Crippen LogP contribution in [0.25, 0.3) is 0 Å². The Morgan fingerprint density at radius 2 is 1.69 bits per heavy atom. The Kier molecular flexibility index (Phi) is 3.50. The number of ether oxygens (including phenoxy) is 1. The second kappa shape index (κ2) is 5.77. The molecule has 3 aliphatic rings. The number of hydrogen-bond acceptors (Lipinski definition) is 5. The van der Waals surface area contributed by atoms with Crippen LogP contribution in [0.15, 0.2) is 41.8 Å². The summed E-state index contributed by atoms with van der Waals surface area (Å²) in [5.41, 5.74) is 0.376. The van der Waals surface area contributed by atoms with Crippen LogP contribution in [0.1, 0.15) is 28.9 Å². The molecule has 1 aromatic carbocycles. The van der Waals surface area contributed by atoms with Gasteiger partial charge < -0.3 is 4.74 Å². The number of carbonyl (C=O) groups excluding carboxylic acids is 3. The maximum atomic E-state index is 13.0. The lowest BCUT2D eigenvalue weighted by molar-refractivity contribution is -0.123. The molecule has 0 spiro atoms. The molecule has 132 valence electrons. The average molecular weight is 367 g/mol. The minimum absolute atomic E-state index is 0.133. The highest BCUT2D eigenvalue weighted by molar-refractivity contribution is 7.12. The van der Waals surface area contributed by atoms with Gasteiger partial charge in [0, 0.05) is 0 Å². The van der Waals surface area contributed by atoms with Crippen LogP contribution in [0, 0.1) is 23.7 Å². The van der Waals surface area contributed by atoms with Gasteiger partial charge >= 0.3 is 5.97 Å². The molecule has 1 saturated heterocycles. The van der Waals surface area contributed by atoms with E-state index >= 15 is 0 Å². The number of esters is 1. The van der Waals surface area contributed by atoms with Crippen molar-refractivity contribution < 1.29 is 19.1 Å². The summed E-state index contributed by atoms with van der Waals surface area (Å²) in [6.45, 7) is 0. The minimum Gasteiger partial charge on any atom is -0.420 e. The number of carbonyl (C=O) groups is 3. The lowest BCUT2D eigenvalue weighted by atomic mass is 9.81. The Morgan fingerprint density at radius 3 is 2.35 bits per heavy atom. The van der Waals surface area contributed by atoms with E-state index in [4.69, 9.17) is 4.74 Å². The lowest BCUT2D eigenvalue weighted by Crippen LogP contribution is -2.33. The predicted octanol–water partition coefficient (Wildman–Crippen LogP) is 3.50. The fourth-order valence-corrected chi connectivity index (χ4v) is 5.52. The fraction of sp³-hybridized carbons (Fsp3) is 0.350. The molecule has 26 heavy (non-hydrogen) atoms. The number of thiophene rings is 1. The van der Waals surface area contributed by atoms with Gasteiger partial charge in [-0.1, -0.05) is 18.2 Å². The Hall–Kier alpha value is -2.47. The van der Waals surface area contributed by atoms with E-state index in [0.717, 1.165) is 19.3 Å². The molecule has 2 aromatic rings. The van der Waals surface area contributed by atoms with Gasteiger partial charge in [0.1, 0.15) is 4.88 Å². The highest BCUT2D eigenvalue weighted by Crippen LogP contribution is 2.57. The van der Waals surface area contributed by atoms with E-state index in [-0.39, 0.29) is 29.4 Å². The first kappa shape index (κ1) is 15.8. The average Bonchev–Trinajstić information content (AvgIpc) is 3.41. The summed E-state index contributed by atoms with van der Waals surface area (Å²) in [6.07, 6.45) is 3.07. The molecule has 5 nitrogen and oxygen atoms in total. The van der Waals surface area contributed by atoms with Crippen LogP contribution >= 0.6 is 11.3 Å². The number of imide groups is 1. The minimum atomic E-state index is -0.480. The van der Waals surface area contributed by atoms with Gasteiger partial charge in [-0.2, -0.15) is 0 Å². The van der Waals surface area contributed by atoms with Gasteiger partial charge in [-0.05, 0) is 54.7 Å². The molecule has 0 unspecified atom stereocenters. The normalized spacial score (nSPS) is 29.3. The first-order valence-electron chi connectivity index (χ1n) is 8.87. The number of nitrogens with zero attached hydrogens (tertiary/aromatic N) is 1. The van der Waals surface area contributed by atoms with Gasteiger partial charge in [0.25, 0.3) is 0 Å². The predicted molar refractivity (Wildman–Crippen MR) is 96.0 cm³/mol. The second-order valence-corrected chi connectivity index (χ2v) is 8.18. The maximum absolute atomic E-state index is 13.0. The van der Waals surface area contributed by atoms with Crippen LogP contribution in [0.4, 0.5) is 5.69 Å². The van der Waals surface area contributed by atoms with E-state index in [1.165, 1.54) is 16.2 Å². The van der Waals surface area contributed by atoms with Crippen molar-refractivity contribution in [2.45, 2.75) is 19.3 Å². The van der Waals surface area contributed by atoms with Gasteiger partial charge in [-0.15, -0.1) is 11.3 Å². The van der Waals surface area contributed by atoms with E-state index < -0.39 is 5.97 Å². The van der Waals surface area contributed by atoms with Crippen molar-refractivity contribution in [1.82, 2.24) is 0 Å². The number of fused-ring (bicyclic) bond motifs is 5. The molecule has 1 aromatic heterocycles. The topological polar surface area (TPSA) is 63.7 Å². The smallest absolute Gasteiger partial charge is 0.353 e. The van der Waals surface area contributed by atoms with E-state index in [1.807, 2.05) is 0 Å². The monoisotopic (exact) mass is 367 g/mol. The van der Waals surface area contributed by atoms with Gasteiger partial charge in [-0.25, -0.2) is 9.69 Å². The zero-order chi connectivity index (χ0) is 17.8. The van der Waals surface area contributed by atoms with Crippen molar-refractivity contribution in [3.63, 3.8) is 0 Å². The van der Waals surface area contributed by atoms with E-state index in [0.29, 0.717) is 22.4 Å². The van der Waals surface area contributed by atoms with E-state index in [9.17, 15) is 14.4 Å². The third kappa shape index (κ3) is 2.18. The Balaban J connectivity index is 1.48. The molecule has 2 heterocycles. The molecule has 4 atom stereocenters. The summed E-state index contributed by atoms with van der Waals surface area (Å²) in [5.74, 6) is -0.227. The first-order chi connectivity index (χ1) is 12.6. The van der Waals surface area contributed by atoms with Crippen LogP contribution in [0.3, 0.4) is 0 Å². The summed E-state index contributed by atoms with van der Waals surface area (Å²) in [5, 5.41) is 1.80. The Morgan fingerprint density at radius 1 is 1.00 bits per heavy atom. The molecular formula is C20H17NO4S. The maximum Gasteiger partial charge on any atom is 0.353 e. The van der Waals surface area contributed by atoms with E-state index in [2.05, 4.69) is 0 Å². The number of hydrogen-bond donors (Lipinski definition) is 0. The summed E-state index contributed by atoms with van der Waals surface area (Å²) in [4.78, 5) is 40.1. The molecule has 6 heteroatoms. The van der Waals surface area contributed by atoms with Gasteiger partial charge in [0.15, 0.2) is 5.75 Å². The zero-order valence-corrected chi connectivity index (χ0v) is 14.8. The number of rotatable bonds is 3. The molecule has 1 aliphatic heterocycles. The van der Waals surface area contributed by atoms with Crippen molar-refractivity contribution in [2.24, 2.45) is 23.7 Å². The van der Waals surface area contributed by atoms with Crippen molar-refractivity contribution >= 4 is 34.8 Å². The molecule has 5 rings (SSSR count). The molecule has 2 amide bonds. The number of anilines is 1. The first-order valence-corrected chi connectivity index (χ1v) is 9.75. The molecule has 2 bridgehead atoms. The van der Waals surface area contributed by atoms with Gasteiger partial charge in [0.05, 0.1) is 17.5 Å². The van der Waals surface area contributed by atoms with Crippen LogP contribution in [0.2, 0.25) is 0 Å².